The van der Waals surface area contributed by atoms with Gasteiger partial charge in [0.15, 0.2) is 0 Å². The number of halogens is 54. The lowest BCUT2D eigenvalue weighted by Gasteiger charge is -2.50. The van der Waals surface area contributed by atoms with Crippen molar-refractivity contribution in [1.29, 1.82) is 0 Å². The molecule has 9 nitrogen and oxygen atoms in total. The summed E-state index contributed by atoms with van der Waals surface area (Å²) < 4.78 is 757. The van der Waals surface area contributed by atoms with E-state index in [-0.39, 0.29) is 0 Å². The average molecular weight is 1500 g/mol. The van der Waals surface area contributed by atoms with Crippen molar-refractivity contribution in [2.24, 2.45) is 0 Å². The smallest absolute Gasteiger partial charge is 0.304 e. The van der Waals surface area contributed by atoms with Gasteiger partial charge in [-0.25, -0.2) is 32.8 Å². The molecule has 0 aromatic rings. The van der Waals surface area contributed by atoms with Crippen LogP contribution in [0.5, 0.6) is 0 Å². The fourth-order valence-electron chi connectivity index (χ4n) is 4.34. The van der Waals surface area contributed by atoms with Crippen molar-refractivity contribution in [3.05, 3.63) is 0 Å². The van der Waals surface area contributed by atoms with Crippen LogP contribution < -0.4 is 0 Å². The fourth-order valence-corrected chi connectivity index (χ4v) is 7.14. The van der Waals surface area contributed by atoms with Gasteiger partial charge in [-0.2, -0.15) is 193 Å². The maximum absolute atomic E-state index is 16.6. The Labute approximate surface area is 440 Å². The van der Waals surface area contributed by atoms with Gasteiger partial charge >= 0.3 is 160 Å². The molecule has 0 spiro atoms. The van der Waals surface area contributed by atoms with Crippen molar-refractivity contribution in [3.63, 3.8) is 0 Å². The van der Waals surface area contributed by atoms with Gasteiger partial charge in [0.25, 0.3) is 0 Å². The van der Waals surface area contributed by atoms with E-state index in [1.165, 1.54) is 0 Å². The Morgan fingerprint density at radius 2 is 0.292 bits per heavy atom. The third kappa shape index (κ3) is 15.0. The third-order valence-corrected chi connectivity index (χ3v) is 11.3. The molecular weight excluding hydrogens is 1500 g/mol. The Balaban J connectivity index is 10.5. The third-order valence-electron chi connectivity index (χ3n) is 8.29. The van der Waals surface area contributed by atoms with Crippen LogP contribution in [0.1, 0.15) is 0 Å². The van der Waals surface area contributed by atoms with Gasteiger partial charge in [-0.15, -0.1) is 39.5 Å². The van der Waals surface area contributed by atoms with E-state index in [2.05, 4.69) is 0 Å². The van der Waals surface area contributed by atoms with Gasteiger partial charge in [-0.05, 0) is 0 Å². The van der Waals surface area contributed by atoms with Crippen LogP contribution in [-0.4, -0.2) is 160 Å². The molecule has 0 saturated heterocycles. The van der Waals surface area contributed by atoms with Crippen LogP contribution in [0.15, 0.2) is 0 Å². The predicted molar refractivity (Wildman–Crippen MR) is 144 cm³/mol. The normalized spacial score (nSPS) is 17.6. The topological polar surface area (TPSA) is 83.1 Å². The summed E-state index contributed by atoms with van der Waals surface area (Å²) in [6, 6.07) is 0. The van der Waals surface area contributed by atoms with Crippen LogP contribution >= 0.6 is 0 Å². The summed E-state index contributed by atoms with van der Waals surface area (Å²) in [5.41, 5.74) is 0. The molecule has 1 unspecified atom stereocenters. The fraction of sp³-hybridized carbons (Fsp3) is 1.00. The van der Waals surface area contributed by atoms with Crippen LogP contribution in [0.25, 0.3) is 0 Å². The maximum atomic E-state index is 16.6. The maximum Gasteiger partial charge on any atom is 0.570 e. The molecule has 1 atom stereocenters. The molecule has 89 heavy (non-hydrogen) atoms. The van der Waals surface area contributed by atoms with Crippen molar-refractivity contribution in [3.8, 4) is 0 Å². The van der Waals surface area contributed by atoms with Gasteiger partial charge in [0.2, 0.25) is 0 Å². The summed E-state index contributed by atoms with van der Waals surface area (Å²) in [5.74, 6) is -76.3. The van der Waals surface area contributed by atoms with Crippen molar-refractivity contribution in [2.75, 3.05) is 0 Å². The highest BCUT2D eigenvalue weighted by atomic mass is 28.4. The molecule has 64 heteroatoms. The lowest BCUT2D eigenvalue weighted by Crippen LogP contribution is -2.86. The number of hydrogen-bond acceptors (Lipinski definition) is 9. The minimum absolute atomic E-state index is 0.469. The molecule has 0 N–H and O–H groups in total. The van der Waals surface area contributed by atoms with E-state index in [1.54, 1.807) is 0 Å². The molecule has 0 bridgehead atoms. The summed E-state index contributed by atoms with van der Waals surface area (Å²) in [4.78, 5) is 0. The van der Waals surface area contributed by atoms with E-state index in [4.69, 9.17) is 0 Å². The standard InChI is InChI=1S/C25F54O9Si/c26-1(27,3(30,31)5(34,35)7(38,39)9(41,42)43)2(28,29)4(32,33)6(36,37)8(40,10(44,45)46)89(86-20(65,66)17(59,60)80-11(47,48)14(53,54)83-23(71,72)73,87-21(67,68)18(61,62)81-12(49,50)15(55,56)84-24(74,75)76)88-22(69,70)19(63,64)82-13(51,52)16(57,58)85-25(77,78)79. The highest BCUT2D eigenvalue weighted by Crippen LogP contribution is 2.69. The number of ether oxygens (including phenoxy) is 6. The summed E-state index contributed by atoms with van der Waals surface area (Å²) in [6.45, 7) is 0. The number of rotatable bonds is 29. The van der Waals surface area contributed by atoms with Crippen molar-refractivity contribution >= 4 is 8.80 Å². The second-order valence-electron chi connectivity index (χ2n) is 14.7. The first-order valence-corrected chi connectivity index (χ1v) is 19.6. The molecule has 0 aliphatic carbocycles. The molecule has 0 fully saturated rings. The highest BCUT2D eigenvalue weighted by molar-refractivity contribution is 6.65. The van der Waals surface area contributed by atoms with Crippen LogP contribution in [0.4, 0.5) is 237 Å². The Hall–Kier alpha value is -3.92. The highest BCUT2D eigenvalue weighted by Gasteiger charge is 3.03. The van der Waals surface area contributed by atoms with Crippen LogP contribution in [0, 0.1) is 0 Å². The van der Waals surface area contributed by atoms with E-state index >= 15 is 48.3 Å². The van der Waals surface area contributed by atoms with Gasteiger partial charge in [0.05, 0.1) is 0 Å². The van der Waals surface area contributed by atoms with E-state index in [1.807, 2.05) is 0 Å². The average Bonchev–Trinajstić information content (AvgIpc) is 3.17. The van der Waals surface area contributed by atoms with Gasteiger partial charge in [-0.1, -0.05) is 0 Å². The zero-order valence-corrected chi connectivity index (χ0v) is 38.1. The molecule has 0 radical (unpaired) electrons. The molecule has 536 valence electrons. The monoisotopic (exact) mass is 1500 g/mol. The second kappa shape index (κ2) is 22.4. The Morgan fingerprint density at radius 1 is 0.146 bits per heavy atom. The molecule has 0 rings (SSSR count). The first kappa shape index (κ1) is 85.1. The number of alkyl halides is 54. The van der Waals surface area contributed by atoms with E-state index in [9.17, 15) is 189 Å². The molecule has 0 aromatic heterocycles. The molecule has 0 aliphatic heterocycles. The Bertz CT molecular complexity index is 2260. The van der Waals surface area contributed by atoms with Crippen LogP contribution in [0.3, 0.4) is 0 Å². The van der Waals surface area contributed by atoms with Gasteiger partial charge in [0.1, 0.15) is 0 Å². The zero-order valence-electron chi connectivity index (χ0n) is 37.1. The molecule has 0 amide bonds. The second-order valence-corrected chi connectivity index (χ2v) is 17.1. The molecule has 0 aromatic carbocycles. The minimum atomic E-state index is -14.5. The number of hydrogen-bond donors (Lipinski definition) is 0. The first-order chi connectivity index (χ1) is 37.4. The van der Waals surface area contributed by atoms with Crippen LogP contribution in [-0.2, 0) is 41.7 Å². The summed E-state index contributed by atoms with van der Waals surface area (Å²) in [7, 11) is -14.5. The van der Waals surface area contributed by atoms with Crippen molar-refractivity contribution in [1.82, 2.24) is 0 Å². The van der Waals surface area contributed by atoms with Gasteiger partial charge in [0, 0.05) is 0 Å². The van der Waals surface area contributed by atoms with E-state index in [0.717, 1.165) is 14.2 Å². The zero-order chi connectivity index (χ0) is 73.4. The predicted octanol–water partition coefficient (Wildman–Crippen LogP) is 16.6. The van der Waals surface area contributed by atoms with Crippen LogP contribution in [0.2, 0.25) is 0 Å². The molecule has 0 aliphatic rings. The lowest BCUT2D eigenvalue weighted by molar-refractivity contribution is -0.562. The Kier molecular flexibility index (Phi) is 21.4. The van der Waals surface area contributed by atoms with E-state index < -0.39 is 160 Å². The van der Waals surface area contributed by atoms with Crippen molar-refractivity contribution in [2.45, 2.75) is 151 Å². The SMILES string of the molecule is FC(F)(F)OC(F)(F)C(F)(F)OC(F)(F)C(F)(F)O[Si](OC(F)(F)C(F)(F)OC(F)(F)C(F)(F)OC(F)(F)F)(OC(F)(F)C(F)(F)OC(F)(F)C(F)(F)OC(F)(F)F)C(F)(C(F)(F)F)C(F)(F)C(F)(F)C(F)(F)C(F)(F)C(F)(F)C(F)(F)C(F)(F)C(F)(F)F. The summed E-state index contributed by atoms with van der Waals surface area (Å²) in [6.07, 6.45) is -159. The van der Waals surface area contributed by atoms with Crippen molar-refractivity contribution < 1.29 is 279 Å². The molecule has 0 heterocycles. The summed E-state index contributed by atoms with van der Waals surface area (Å²) in [5, 5.41) is -12.1. The largest absolute Gasteiger partial charge is 0.570 e. The Morgan fingerprint density at radius 3 is 0.449 bits per heavy atom. The summed E-state index contributed by atoms with van der Waals surface area (Å²) >= 11 is 0. The molecule has 0 saturated carbocycles. The minimum Gasteiger partial charge on any atom is -0.304 e. The lowest BCUT2D eigenvalue weighted by atomic mass is 9.87. The van der Waals surface area contributed by atoms with E-state index in [0.29, 0.717) is 27.5 Å². The quantitative estimate of drug-likeness (QED) is 0.0537. The first-order valence-electron chi connectivity index (χ1n) is 17.9. The van der Waals surface area contributed by atoms with Gasteiger partial charge < -0.3 is 13.3 Å². The molecular formula is C25F54O9Si. The van der Waals surface area contributed by atoms with Gasteiger partial charge in [-0.3, -0.25) is 0 Å².